The fourth-order valence-electron chi connectivity index (χ4n) is 3.19. The Balaban J connectivity index is 2.04. The summed E-state index contributed by atoms with van der Waals surface area (Å²) in [5.41, 5.74) is 0.0310. The number of rotatable bonds is 5. The first-order valence-electron chi connectivity index (χ1n) is 9.28. The van der Waals surface area contributed by atoms with Crippen molar-refractivity contribution in [3.63, 3.8) is 0 Å². The van der Waals surface area contributed by atoms with Crippen LogP contribution in [-0.2, 0) is 4.79 Å². The van der Waals surface area contributed by atoms with E-state index in [4.69, 9.17) is 11.6 Å². The van der Waals surface area contributed by atoms with Crippen molar-refractivity contribution in [1.29, 1.82) is 0 Å². The van der Waals surface area contributed by atoms with E-state index in [1.807, 2.05) is 0 Å². The lowest BCUT2D eigenvalue weighted by atomic mass is 10.1. The molecular formula is C21H20ClN3O4. The molecule has 29 heavy (non-hydrogen) atoms. The summed E-state index contributed by atoms with van der Waals surface area (Å²) in [4.78, 5) is 38.3. The second kappa shape index (κ2) is 9.34. The number of amides is 2. The Bertz CT molecular complexity index is 953. The molecule has 1 saturated heterocycles. The Morgan fingerprint density at radius 1 is 0.966 bits per heavy atom. The van der Waals surface area contributed by atoms with E-state index < -0.39 is 16.7 Å². The van der Waals surface area contributed by atoms with E-state index >= 15 is 0 Å². The molecule has 0 atom stereocenters. The van der Waals surface area contributed by atoms with Crippen LogP contribution in [0.2, 0.25) is 0 Å². The highest BCUT2D eigenvalue weighted by molar-refractivity contribution is 6.51. The zero-order valence-corrected chi connectivity index (χ0v) is 16.4. The summed E-state index contributed by atoms with van der Waals surface area (Å²) >= 11 is 6.48. The van der Waals surface area contributed by atoms with E-state index in [0.717, 1.165) is 19.3 Å². The van der Waals surface area contributed by atoms with Gasteiger partial charge >= 0.3 is 0 Å². The van der Waals surface area contributed by atoms with E-state index in [0.29, 0.717) is 18.7 Å². The zero-order chi connectivity index (χ0) is 20.8. The predicted molar refractivity (Wildman–Crippen MR) is 110 cm³/mol. The molecule has 0 saturated carbocycles. The number of carbonyl (C=O) groups excluding carboxylic acids is 2. The molecule has 150 valence electrons. The van der Waals surface area contributed by atoms with E-state index in [2.05, 4.69) is 5.32 Å². The molecule has 0 spiro atoms. The highest BCUT2D eigenvalue weighted by Gasteiger charge is 2.28. The molecule has 3 rings (SSSR count). The number of hydrogen-bond donors (Lipinski definition) is 1. The van der Waals surface area contributed by atoms with Crippen LogP contribution in [0.4, 0.5) is 5.69 Å². The van der Waals surface area contributed by atoms with Gasteiger partial charge in [-0.25, -0.2) is 0 Å². The number of para-hydroxylation sites is 1. The van der Waals surface area contributed by atoms with Crippen LogP contribution in [0.15, 0.2) is 60.3 Å². The minimum absolute atomic E-state index is 0.0767. The van der Waals surface area contributed by atoms with Crippen molar-refractivity contribution < 1.29 is 14.5 Å². The number of carbonyl (C=O) groups is 2. The minimum atomic E-state index is -0.570. The number of hydrogen-bond acceptors (Lipinski definition) is 4. The first-order valence-corrected chi connectivity index (χ1v) is 9.66. The van der Waals surface area contributed by atoms with Crippen molar-refractivity contribution in [2.45, 2.75) is 19.3 Å². The van der Waals surface area contributed by atoms with Crippen molar-refractivity contribution in [2.75, 3.05) is 13.1 Å². The first kappa shape index (κ1) is 20.5. The number of piperidine rings is 1. The van der Waals surface area contributed by atoms with Crippen LogP contribution >= 0.6 is 11.6 Å². The Morgan fingerprint density at radius 2 is 1.59 bits per heavy atom. The standard InChI is InChI=1S/C21H20ClN3O4/c22-18(16-11-5-6-12-17(16)25(28)29)19(21(27)24-13-7-2-8-14-24)23-20(26)15-9-3-1-4-10-15/h1,3-6,9-12H,2,7-8,13-14H2,(H,23,26). The van der Waals surface area contributed by atoms with Gasteiger partial charge in [-0.1, -0.05) is 41.9 Å². The van der Waals surface area contributed by atoms with Gasteiger partial charge in [0.1, 0.15) is 5.70 Å². The van der Waals surface area contributed by atoms with Crippen molar-refractivity contribution in [1.82, 2.24) is 10.2 Å². The summed E-state index contributed by atoms with van der Waals surface area (Å²) in [5.74, 6) is -0.958. The first-order chi connectivity index (χ1) is 14.0. The average molecular weight is 414 g/mol. The van der Waals surface area contributed by atoms with Gasteiger partial charge in [0.15, 0.2) is 0 Å². The summed E-state index contributed by atoms with van der Waals surface area (Å²) in [6.07, 6.45) is 2.74. The molecule has 8 heteroatoms. The molecule has 2 amide bonds. The lowest BCUT2D eigenvalue weighted by Gasteiger charge is -2.28. The van der Waals surface area contributed by atoms with Crippen molar-refractivity contribution in [3.8, 4) is 0 Å². The smallest absolute Gasteiger partial charge is 0.278 e. The van der Waals surface area contributed by atoms with E-state index in [1.54, 1.807) is 41.3 Å². The number of likely N-dealkylation sites (tertiary alicyclic amines) is 1. The Morgan fingerprint density at radius 3 is 2.24 bits per heavy atom. The summed E-state index contributed by atoms with van der Waals surface area (Å²) in [6.45, 7) is 1.09. The third-order valence-corrected chi connectivity index (χ3v) is 5.08. The van der Waals surface area contributed by atoms with Gasteiger partial charge in [-0.05, 0) is 37.5 Å². The molecule has 2 aromatic carbocycles. The number of nitro groups is 1. The van der Waals surface area contributed by atoms with Crippen molar-refractivity contribution >= 4 is 34.1 Å². The van der Waals surface area contributed by atoms with Gasteiger partial charge in [-0.15, -0.1) is 0 Å². The molecule has 7 nitrogen and oxygen atoms in total. The van der Waals surface area contributed by atoms with Crippen molar-refractivity contribution in [2.24, 2.45) is 0 Å². The molecule has 1 fully saturated rings. The van der Waals surface area contributed by atoms with Crippen LogP contribution in [0.3, 0.4) is 0 Å². The average Bonchev–Trinajstić information content (AvgIpc) is 2.77. The van der Waals surface area contributed by atoms with Gasteiger partial charge < -0.3 is 10.2 Å². The molecule has 0 radical (unpaired) electrons. The van der Waals surface area contributed by atoms with Gasteiger partial charge in [0.25, 0.3) is 17.5 Å². The highest BCUT2D eigenvalue weighted by Crippen LogP contribution is 2.31. The van der Waals surface area contributed by atoms with Gasteiger partial charge in [-0.2, -0.15) is 0 Å². The number of nitro benzene ring substituents is 1. The summed E-state index contributed by atoms with van der Waals surface area (Å²) in [5, 5.41) is 13.8. The zero-order valence-electron chi connectivity index (χ0n) is 15.6. The van der Waals surface area contributed by atoms with Crippen LogP contribution in [0.5, 0.6) is 0 Å². The van der Waals surface area contributed by atoms with E-state index in [9.17, 15) is 19.7 Å². The van der Waals surface area contributed by atoms with Crippen molar-refractivity contribution in [3.05, 3.63) is 81.5 Å². The predicted octanol–water partition coefficient (Wildman–Crippen LogP) is 3.94. The Kier molecular flexibility index (Phi) is 6.61. The number of benzene rings is 2. The maximum absolute atomic E-state index is 13.2. The molecule has 2 aromatic rings. The van der Waals surface area contributed by atoms with Crippen LogP contribution in [0.25, 0.3) is 5.03 Å². The highest BCUT2D eigenvalue weighted by atomic mass is 35.5. The maximum Gasteiger partial charge on any atom is 0.278 e. The maximum atomic E-state index is 13.2. The van der Waals surface area contributed by atoms with Crippen LogP contribution in [-0.4, -0.2) is 34.7 Å². The largest absolute Gasteiger partial charge is 0.337 e. The third-order valence-electron chi connectivity index (χ3n) is 4.69. The number of halogens is 1. The molecule has 0 unspecified atom stereocenters. The fraction of sp³-hybridized carbons (Fsp3) is 0.238. The van der Waals surface area contributed by atoms with Crippen LogP contribution < -0.4 is 5.32 Å². The summed E-state index contributed by atoms with van der Waals surface area (Å²) in [7, 11) is 0. The quantitative estimate of drug-likeness (QED) is 0.456. The molecule has 0 bridgehead atoms. The second-order valence-electron chi connectivity index (χ2n) is 6.64. The topological polar surface area (TPSA) is 92.6 Å². The molecular weight excluding hydrogens is 394 g/mol. The summed E-state index contributed by atoms with van der Waals surface area (Å²) in [6, 6.07) is 14.3. The van der Waals surface area contributed by atoms with E-state index in [1.165, 1.54) is 18.2 Å². The number of nitrogens with one attached hydrogen (secondary N) is 1. The van der Waals surface area contributed by atoms with Crippen LogP contribution in [0, 0.1) is 10.1 Å². The van der Waals surface area contributed by atoms with Gasteiger partial charge in [0.05, 0.1) is 15.5 Å². The molecule has 1 N–H and O–H groups in total. The second-order valence-corrected chi connectivity index (χ2v) is 7.01. The van der Waals surface area contributed by atoms with Gasteiger partial charge in [-0.3, -0.25) is 19.7 Å². The third kappa shape index (κ3) is 4.81. The molecule has 1 heterocycles. The summed E-state index contributed by atoms with van der Waals surface area (Å²) < 4.78 is 0. The Labute approximate surface area is 173 Å². The monoisotopic (exact) mass is 413 g/mol. The molecule has 0 aromatic heterocycles. The van der Waals surface area contributed by atoms with E-state index in [-0.39, 0.29) is 22.0 Å². The van der Waals surface area contributed by atoms with Crippen LogP contribution in [0.1, 0.15) is 35.2 Å². The fourth-order valence-corrected chi connectivity index (χ4v) is 3.47. The van der Waals surface area contributed by atoms with Gasteiger partial charge in [0.2, 0.25) is 0 Å². The Hall–Kier alpha value is -3.19. The SMILES string of the molecule is O=C(NC(C(=O)N1CCCCC1)=C(Cl)c1ccccc1[N+](=O)[O-])c1ccccc1. The number of nitrogens with zero attached hydrogens (tertiary/aromatic N) is 2. The molecule has 1 aliphatic rings. The molecule has 0 aliphatic carbocycles. The minimum Gasteiger partial charge on any atom is -0.337 e. The molecule has 1 aliphatic heterocycles. The normalized spacial score (nSPS) is 14.7. The lowest BCUT2D eigenvalue weighted by molar-refractivity contribution is -0.385. The lowest BCUT2D eigenvalue weighted by Crippen LogP contribution is -2.41. The van der Waals surface area contributed by atoms with Gasteiger partial charge in [0, 0.05) is 24.7 Å².